The number of amides is 2. The van der Waals surface area contributed by atoms with E-state index in [9.17, 15) is 14.4 Å². The molecule has 0 aromatic heterocycles. The molecule has 0 heterocycles. The van der Waals surface area contributed by atoms with Gasteiger partial charge in [0.2, 0.25) is 5.91 Å². The van der Waals surface area contributed by atoms with Gasteiger partial charge in [0.05, 0.1) is 6.42 Å². The van der Waals surface area contributed by atoms with Crippen molar-refractivity contribution in [1.82, 2.24) is 10.6 Å². The number of carbonyl (C=O) groups excluding carboxylic acids is 2. The van der Waals surface area contributed by atoms with Gasteiger partial charge in [-0.1, -0.05) is 62.4 Å². The van der Waals surface area contributed by atoms with E-state index < -0.39 is 17.5 Å². The Morgan fingerprint density at radius 1 is 1.00 bits per heavy atom. The van der Waals surface area contributed by atoms with Gasteiger partial charge >= 0.3 is 12.1 Å². The Kier molecular flexibility index (Phi) is 6.40. The number of nitrogens with one attached hydrogen (secondary N) is 2. The average Bonchev–Trinajstić information content (AvgIpc) is 3.49. The first kappa shape index (κ1) is 22.8. The summed E-state index contributed by atoms with van der Waals surface area (Å²) in [5.74, 6) is -1.04. The van der Waals surface area contributed by atoms with E-state index in [1.165, 1.54) is 11.1 Å². The van der Waals surface area contributed by atoms with Crippen molar-refractivity contribution in [2.24, 2.45) is 17.3 Å². The van der Waals surface area contributed by atoms with Gasteiger partial charge in [0.1, 0.15) is 6.61 Å². The first-order valence-corrected chi connectivity index (χ1v) is 11.3. The number of ether oxygens (including phenoxy) is 1. The number of carboxylic acids is 1. The Morgan fingerprint density at radius 3 is 2.21 bits per heavy atom. The van der Waals surface area contributed by atoms with Crippen LogP contribution in [0.5, 0.6) is 0 Å². The Morgan fingerprint density at radius 2 is 1.61 bits per heavy atom. The minimum atomic E-state index is -0.883. The minimum Gasteiger partial charge on any atom is -0.481 e. The van der Waals surface area contributed by atoms with Gasteiger partial charge in [0, 0.05) is 24.9 Å². The molecule has 0 bridgehead atoms. The van der Waals surface area contributed by atoms with Crippen molar-refractivity contribution in [3.05, 3.63) is 59.7 Å². The lowest BCUT2D eigenvalue weighted by Gasteiger charge is -2.22. The number of hydrogen-bond donors (Lipinski definition) is 3. The van der Waals surface area contributed by atoms with Crippen molar-refractivity contribution in [3.8, 4) is 11.1 Å². The highest BCUT2D eigenvalue weighted by atomic mass is 16.5. The molecule has 2 amide bonds. The smallest absolute Gasteiger partial charge is 0.407 e. The van der Waals surface area contributed by atoms with Crippen LogP contribution in [0.25, 0.3) is 11.1 Å². The van der Waals surface area contributed by atoms with E-state index in [4.69, 9.17) is 9.84 Å². The zero-order valence-corrected chi connectivity index (χ0v) is 19.0. The van der Waals surface area contributed by atoms with Gasteiger partial charge in [-0.25, -0.2) is 4.79 Å². The molecule has 1 saturated carbocycles. The van der Waals surface area contributed by atoms with Crippen LogP contribution in [0.3, 0.4) is 0 Å². The summed E-state index contributed by atoms with van der Waals surface area (Å²) in [5.41, 5.74) is 4.18. The number of fused-ring (bicyclic) bond motifs is 3. The molecule has 1 fully saturated rings. The van der Waals surface area contributed by atoms with Crippen molar-refractivity contribution >= 4 is 18.0 Å². The molecule has 2 aromatic carbocycles. The third-order valence-corrected chi connectivity index (χ3v) is 6.48. The lowest BCUT2D eigenvalue weighted by atomic mass is 9.89. The van der Waals surface area contributed by atoms with Gasteiger partial charge in [-0.15, -0.1) is 0 Å². The summed E-state index contributed by atoms with van der Waals surface area (Å²) in [5, 5.41) is 14.6. The molecule has 2 atom stereocenters. The summed E-state index contributed by atoms with van der Waals surface area (Å²) in [6.07, 6.45) is 0.213. The fraction of sp³-hybridized carbons (Fsp3) is 0.423. The zero-order valence-electron chi connectivity index (χ0n) is 19.0. The summed E-state index contributed by atoms with van der Waals surface area (Å²) < 4.78 is 5.54. The Bertz CT molecular complexity index is 1020. The maximum atomic E-state index is 12.3. The molecule has 0 unspecified atom stereocenters. The second kappa shape index (κ2) is 9.25. The number of rotatable bonds is 9. The SMILES string of the molecule is CC(C)(CNC(=O)[C@@H]1C[C@@H]1CNC(=O)OCC1c2ccccc2-c2ccccc21)CC(=O)O. The summed E-state index contributed by atoms with van der Waals surface area (Å²) in [4.78, 5) is 35.5. The molecule has 174 valence electrons. The van der Waals surface area contributed by atoms with Gasteiger partial charge in [-0.05, 0) is 40.0 Å². The predicted molar refractivity (Wildman–Crippen MR) is 124 cm³/mol. The molecular weight excluding hydrogens is 420 g/mol. The lowest BCUT2D eigenvalue weighted by Crippen LogP contribution is -2.37. The Labute approximate surface area is 193 Å². The van der Waals surface area contributed by atoms with Crippen molar-refractivity contribution in [2.75, 3.05) is 19.7 Å². The molecule has 7 heteroatoms. The van der Waals surface area contributed by atoms with E-state index in [0.29, 0.717) is 19.5 Å². The van der Waals surface area contributed by atoms with Crippen LogP contribution in [0.4, 0.5) is 4.79 Å². The van der Waals surface area contributed by atoms with Gasteiger partial charge in [-0.2, -0.15) is 0 Å². The van der Waals surface area contributed by atoms with E-state index in [1.807, 2.05) is 38.1 Å². The molecule has 2 aliphatic rings. The van der Waals surface area contributed by atoms with Crippen molar-refractivity contribution in [2.45, 2.75) is 32.6 Å². The summed E-state index contributed by atoms with van der Waals surface area (Å²) >= 11 is 0. The van der Waals surface area contributed by atoms with E-state index >= 15 is 0 Å². The molecule has 3 N–H and O–H groups in total. The molecule has 0 saturated heterocycles. The molecule has 0 radical (unpaired) electrons. The van der Waals surface area contributed by atoms with Crippen LogP contribution in [0.15, 0.2) is 48.5 Å². The number of benzene rings is 2. The molecule has 2 aliphatic carbocycles. The molecule has 0 spiro atoms. The molecule has 2 aromatic rings. The van der Waals surface area contributed by atoms with Gasteiger partial charge in [-0.3, -0.25) is 9.59 Å². The third kappa shape index (κ3) is 5.35. The average molecular weight is 451 g/mol. The second-order valence-corrected chi connectivity index (χ2v) is 9.76. The number of alkyl carbamates (subject to hydrolysis) is 1. The molecule has 7 nitrogen and oxygen atoms in total. The largest absolute Gasteiger partial charge is 0.481 e. The maximum absolute atomic E-state index is 12.3. The fourth-order valence-electron chi connectivity index (χ4n) is 4.59. The number of carbonyl (C=O) groups is 3. The first-order valence-electron chi connectivity index (χ1n) is 11.3. The van der Waals surface area contributed by atoms with Crippen molar-refractivity contribution in [3.63, 3.8) is 0 Å². The van der Waals surface area contributed by atoms with Crippen LogP contribution in [0.2, 0.25) is 0 Å². The molecule has 4 rings (SSSR count). The first-order chi connectivity index (χ1) is 15.7. The standard InChI is InChI=1S/C26H30N2O5/c1-26(2,12-23(29)30)15-28-24(31)21-11-16(21)13-27-25(32)33-14-22-19-9-5-3-7-17(19)18-8-4-6-10-20(18)22/h3-10,16,21-22H,11-15H2,1-2H3,(H,27,32)(H,28,31)(H,29,30)/t16-,21-/m1/s1. The fourth-order valence-corrected chi connectivity index (χ4v) is 4.59. The number of aliphatic carboxylic acids is 1. The Balaban J connectivity index is 1.21. The van der Waals surface area contributed by atoms with Crippen LogP contribution in [-0.4, -0.2) is 42.8 Å². The van der Waals surface area contributed by atoms with Gasteiger partial charge in [0.15, 0.2) is 0 Å². The van der Waals surface area contributed by atoms with Crippen LogP contribution in [0.1, 0.15) is 43.7 Å². The highest BCUT2D eigenvalue weighted by Gasteiger charge is 2.43. The van der Waals surface area contributed by atoms with Crippen LogP contribution >= 0.6 is 0 Å². The Hall–Kier alpha value is -3.35. The highest BCUT2D eigenvalue weighted by molar-refractivity contribution is 5.82. The topological polar surface area (TPSA) is 105 Å². The lowest BCUT2D eigenvalue weighted by molar-refractivity contribution is -0.139. The predicted octanol–water partition coefficient (Wildman–Crippen LogP) is 3.78. The van der Waals surface area contributed by atoms with E-state index in [0.717, 1.165) is 11.1 Å². The number of hydrogen-bond acceptors (Lipinski definition) is 4. The summed E-state index contributed by atoms with van der Waals surface area (Å²) in [7, 11) is 0. The van der Waals surface area contributed by atoms with Crippen molar-refractivity contribution in [1.29, 1.82) is 0 Å². The summed E-state index contributed by atoms with van der Waals surface area (Å²) in [6.45, 7) is 4.57. The summed E-state index contributed by atoms with van der Waals surface area (Å²) in [6, 6.07) is 16.4. The normalized spacial score (nSPS) is 18.7. The van der Waals surface area contributed by atoms with Gasteiger partial charge < -0.3 is 20.5 Å². The van der Waals surface area contributed by atoms with Crippen LogP contribution < -0.4 is 10.6 Å². The minimum absolute atomic E-state index is 0.00921. The quantitative estimate of drug-likeness (QED) is 0.539. The van der Waals surface area contributed by atoms with Crippen LogP contribution in [-0.2, 0) is 14.3 Å². The van der Waals surface area contributed by atoms with Crippen molar-refractivity contribution < 1.29 is 24.2 Å². The van der Waals surface area contributed by atoms with Gasteiger partial charge in [0.25, 0.3) is 0 Å². The highest BCUT2D eigenvalue weighted by Crippen LogP contribution is 2.44. The molecular formula is C26H30N2O5. The third-order valence-electron chi connectivity index (χ3n) is 6.48. The van der Waals surface area contributed by atoms with Crippen LogP contribution in [0, 0.1) is 17.3 Å². The van der Waals surface area contributed by atoms with E-state index in [-0.39, 0.29) is 36.7 Å². The van der Waals surface area contributed by atoms with E-state index in [2.05, 4.69) is 34.9 Å². The van der Waals surface area contributed by atoms with E-state index in [1.54, 1.807) is 0 Å². The molecule has 0 aliphatic heterocycles. The maximum Gasteiger partial charge on any atom is 0.407 e. The number of carboxylic acid groups (broad SMARTS) is 1. The zero-order chi connectivity index (χ0) is 23.6. The second-order valence-electron chi connectivity index (χ2n) is 9.76. The molecule has 33 heavy (non-hydrogen) atoms. The monoisotopic (exact) mass is 450 g/mol.